The Labute approximate surface area is 118 Å². The first-order valence-electron chi connectivity index (χ1n) is 5.87. The van der Waals surface area contributed by atoms with Gasteiger partial charge >= 0.3 is 0 Å². The quantitative estimate of drug-likeness (QED) is 0.920. The molecule has 1 saturated heterocycles. The van der Waals surface area contributed by atoms with Crippen molar-refractivity contribution in [2.75, 3.05) is 31.1 Å². The Morgan fingerprint density at radius 3 is 2.78 bits per heavy atom. The largest absolute Gasteiger partial charge is 0.354 e. The van der Waals surface area contributed by atoms with Crippen LogP contribution in [0.15, 0.2) is 28.2 Å². The maximum atomic E-state index is 4.66. The monoisotopic (exact) mass is 324 g/mol. The smallest absolute Gasteiger partial charge is 0.171 e. The predicted octanol–water partition coefficient (Wildman–Crippen LogP) is 2.38. The van der Waals surface area contributed by atoms with Gasteiger partial charge in [-0.3, -0.25) is 0 Å². The summed E-state index contributed by atoms with van der Waals surface area (Å²) in [5.41, 5.74) is 0. The number of hydrogen-bond acceptors (Lipinski definition) is 5. The molecule has 3 heterocycles. The molecule has 1 fully saturated rings. The Morgan fingerprint density at radius 1 is 1.22 bits per heavy atom. The third kappa shape index (κ3) is 2.55. The second kappa shape index (κ2) is 5.34. The second-order valence-corrected chi connectivity index (χ2v) is 6.54. The average Bonchev–Trinajstić information content (AvgIpc) is 2.87. The minimum Gasteiger partial charge on any atom is -0.354 e. The summed E-state index contributed by atoms with van der Waals surface area (Å²) < 4.78 is 1.11. The molecule has 4 nitrogen and oxygen atoms in total. The molecule has 0 unspecified atom stereocenters. The van der Waals surface area contributed by atoms with E-state index in [0.29, 0.717) is 0 Å². The lowest BCUT2D eigenvalue weighted by Crippen LogP contribution is -2.43. The van der Waals surface area contributed by atoms with Crippen molar-refractivity contribution < 1.29 is 0 Å². The molecular weight excluding hydrogens is 312 g/mol. The maximum Gasteiger partial charge on any atom is 0.171 e. The number of halogens is 1. The number of hydrogen-bond donors (Lipinski definition) is 1. The first kappa shape index (κ1) is 12.1. The van der Waals surface area contributed by atoms with Crippen LogP contribution in [-0.4, -0.2) is 36.1 Å². The second-order valence-electron chi connectivity index (χ2n) is 4.08. The van der Waals surface area contributed by atoms with E-state index in [1.807, 2.05) is 24.4 Å². The number of anilines is 1. The van der Waals surface area contributed by atoms with E-state index < -0.39 is 0 Å². The summed E-state index contributed by atoms with van der Waals surface area (Å²) in [6.45, 7) is 4.04. The van der Waals surface area contributed by atoms with Crippen molar-refractivity contribution in [2.24, 2.45) is 0 Å². The van der Waals surface area contributed by atoms with Gasteiger partial charge in [-0.05, 0) is 34.1 Å². The van der Waals surface area contributed by atoms with Crippen LogP contribution in [0.3, 0.4) is 0 Å². The summed E-state index contributed by atoms with van der Waals surface area (Å²) in [5, 5.41) is 3.34. The van der Waals surface area contributed by atoms with Gasteiger partial charge in [0.2, 0.25) is 0 Å². The topological polar surface area (TPSA) is 41.1 Å². The number of rotatable bonds is 2. The lowest BCUT2D eigenvalue weighted by molar-refractivity contribution is 0.585. The highest BCUT2D eigenvalue weighted by Gasteiger charge is 2.13. The zero-order chi connectivity index (χ0) is 12.4. The highest BCUT2D eigenvalue weighted by molar-refractivity contribution is 9.11. The lowest BCUT2D eigenvalue weighted by atomic mass is 10.3. The average molecular weight is 325 g/mol. The first-order chi connectivity index (χ1) is 8.83. The Hall–Kier alpha value is -0.980. The summed E-state index contributed by atoms with van der Waals surface area (Å²) in [5.74, 6) is 1.83. The van der Waals surface area contributed by atoms with E-state index in [9.17, 15) is 0 Å². The minimum absolute atomic E-state index is 0.807. The lowest BCUT2D eigenvalue weighted by Gasteiger charge is -2.28. The molecule has 0 radical (unpaired) electrons. The summed E-state index contributed by atoms with van der Waals surface area (Å²) in [4.78, 5) is 12.4. The minimum atomic E-state index is 0.807. The molecule has 0 aromatic carbocycles. The van der Waals surface area contributed by atoms with Crippen molar-refractivity contribution in [3.8, 4) is 10.7 Å². The molecule has 1 N–H and O–H groups in total. The Morgan fingerprint density at radius 2 is 2.06 bits per heavy atom. The van der Waals surface area contributed by atoms with E-state index in [2.05, 4.69) is 36.1 Å². The fraction of sp³-hybridized carbons (Fsp3) is 0.333. The molecule has 3 rings (SSSR count). The fourth-order valence-corrected chi connectivity index (χ4v) is 3.30. The summed E-state index contributed by atoms with van der Waals surface area (Å²) in [6, 6.07) is 6.06. The number of nitrogens with zero attached hydrogens (tertiary/aromatic N) is 3. The highest BCUT2D eigenvalue weighted by atomic mass is 79.9. The summed E-state index contributed by atoms with van der Waals surface area (Å²) in [7, 11) is 0. The van der Waals surface area contributed by atoms with Crippen LogP contribution in [0.1, 0.15) is 0 Å². The SMILES string of the molecule is Brc1ccc(-c2nccc(N3CCNCC3)n2)s1. The Bertz CT molecular complexity index is 536. The highest BCUT2D eigenvalue weighted by Crippen LogP contribution is 2.29. The van der Waals surface area contributed by atoms with Crippen LogP contribution in [0.4, 0.5) is 5.82 Å². The maximum absolute atomic E-state index is 4.66. The Kier molecular flexibility index (Phi) is 3.58. The zero-order valence-corrected chi connectivity index (χ0v) is 12.2. The van der Waals surface area contributed by atoms with Crippen LogP contribution in [0.2, 0.25) is 0 Å². The van der Waals surface area contributed by atoms with Crippen molar-refractivity contribution in [3.63, 3.8) is 0 Å². The molecule has 2 aromatic heterocycles. The molecule has 94 valence electrons. The van der Waals surface area contributed by atoms with E-state index in [-0.39, 0.29) is 0 Å². The van der Waals surface area contributed by atoms with Gasteiger partial charge in [-0.15, -0.1) is 11.3 Å². The standard InChI is InChI=1S/C12H13BrN4S/c13-10-2-1-9(18-10)12-15-4-3-11(16-12)17-7-5-14-6-8-17/h1-4,14H,5-8H2. The van der Waals surface area contributed by atoms with E-state index in [1.165, 1.54) is 0 Å². The van der Waals surface area contributed by atoms with Crippen LogP contribution in [0.25, 0.3) is 10.7 Å². The van der Waals surface area contributed by atoms with E-state index in [0.717, 1.165) is 46.5 Å². The van der Waals surface area contributed by atoms with Crippen LogP contribution >= 0.6 is 27.3 Å². The fourth-order valence-electron chi connectivity index (χ4n) is 1.97. The first-order valence-corrected chi connectivity index (χ1v) is 7.48. The number of piperazine rings is 1. The molecule has 1 aliphatic rings. The van der Waals surface area contributed by atoms with Crippen LogP contribution < -0.4 is 10.2 Å². The van der Waals surface area contributed by atoms with E-state index >= 15 is 0 Å². The van der Waals surface area contributed by atoms with Gasteiger partial charge in [-0.1, -0.05) is 0 Å². The molecular formula is C12H13BrN4S. The third-order valence-electron chi connectivity index (χ3n) is 2.88. The normalized spacial score (nSPS) is 15.9. The van der Waals surface area contributed by atoms with Crippen molar-refractivity contribution in [1.29, 1.82) is 0 Å². The van der Waals surface area contributed by atoms with Gasteiger partial charge in [0.15, 0.2) is 5.82 Å². The van der Waals surface area contributed by atoms with Crippen molar-refractivity contribution in [2.45, 2.75) is 0 Å². The van der Waals surface area contributed by atoms with Crippen molar-refractivity contribution in [3.05, 3.63) is 28.2 Å². The van der Waals surface area contributed by atoms with Crippen LogP contribution in [-0.2, 0) is 0 Å². The van der Waals surface area contributed by atoms with Gasteiger partial charge in [-0.2, -0.15) is 0 Å². The molecule has 0 aliphatic carbocycles. The molecule has 2 aromatic rings. The summed E-state index contributed by atoms with van der Waals surface area (Å²) in [6.07, 6.45) is 1.84. The predicted molar refractivity (Wildman–Crippen MR) is 78.1 cm³/mol. The Balaban J connectivity index is 1.88. The van der Waals surface area contributed by atoms with E-state index in [4.69, 9.17) is 0 Å². The van der Waals surface area contributed by atoms with Gasteiger partial charge in [0.1, 0.15) is 5.82 Å². The zero-order valence-electron chi connectivity index (χ0n) is 9.77. The van der Waals surface area contributed by atoms with Crippen LogP contribution in [0.5, 0.6) is 0 Å². The molecule has 1 aliphatic heterocycles. The summed E-state index contributed by atoms with van der Waals surface area (Å²) >= 11 is 5.13. The van der Waals surface area contributed by atoms with Gasteiger partial charge in [0, 0.05) is 32.4 Å². The van der Waals surface area contributed by atoms with Gasteiger partial charge in [0.25, 0.3) is 0 Å². The molecule has 0 atom stereocenters. The molecule has 6 heteroatoms. The number of thiophene rings is 1. The van der Waals surface area contributed by atoms with Gasteiger partial charge in [-0.25, -0.2) is 9.97 Å². The molecule has 18 heavy (non-hydrogen) atoms. The molecule has 0 saturated carbocycles. The van der Waals surface area contributed by atoms with Gasteiger partial charge in [0.05, 0.1) is 8.66 Å². The van der Waals surface area contributed by atoms with Crippen molar-refractivity contribution in [1.82, 2.24) is 15.3 Å². The molecule has 0 bridgehead atoms. The molecule has 0 spiro atoms. The van der Waals surface area contributed by atoms with Gasteiger partial charge < -0.3 is 10.2 Å². The van der Waals surface area contributed by atoms with Crippen molar-refractivity contribution >= 4 is 33.1 Å². The number of nitrogens with one attached hydrogen (secondary N) is 1. The van der Waals surface area contributed by atoms with Crippen LogP contribution in [0, 0.1) is 0 Å². The van der Waals surface area contributed by atoms with E-state index in [1.54, 1.807) is 11.3 Å². The molecule has 0 amide bonds. The third-order valence-corrected chi connectivity index (χ3v) is 4.50. The number of aromatic nitrogens is 2.